The minimum Gasteiger partial charge on any atom is -0.472 e. The number of nitrogens with one attached hydrogen (secondary N) is 1. The van der Waals surface area contributed by atoms with Gasteiger partial charge in [-0.2, -0.15) is 5.10 Å². The van der Waals surface area contributed by atoms with Crippen LogP contribution in [0.1, 0.15) is 18.4 Å². The lowest BCUT2D eigenvalue weighted by Gasteiger charge is -2.29. The van der Waals surface area contributed by atoms with Gasteiger partial charge < -0.3 is 4.42 Å². The fourth-order valence-electron chi connectivity index (χ4n) is 2.07. The van der Waals surface area contributed by atoms with Crippen molar-refractivity contribution >= 4 is 22.1 Å². The first-order chi connectivity index (χ1) is 9.47. The number of carbonyl (C=O) groups is 1. The largest absolute Gasteiger partial charge is 0.472 e. The van der Waals surface area contributed by atoms with Gasteiger partial charge in [-0.1, -0.05) is 0 Å². The molecule has 2 rings (SSSR count). The quantitative estimate of drug-likeness (QED) is 0.643. The molecule has 0 aromatic carbocycles. The third-order valence-corrected chi connectivity index (χ3v) is 4.43. The summed E-state index contributed by atoms with van der Waals surface area (Å²) in [5.74, 6) is -0.627. The molecule has 0 radical (unpaired) electrons. The molecule has 1 amide bonds. The van der Waals surface area contributed by atoms with Crippen LogP contribution in [0.2, 0.25) is 0 Å². The Kier molecular flexibility index (Phi) is 4.56. The molecule has 1 saturated heterocycles. The predicted molar refractivity (Wildman–Crippen MR) is 73.6 cm³/mol. The first-order valence-corrected chi connectivity index (χ1v) is 8.12. The van der Waals surface area contributed by atoms with E-state index >= 15 is 0 Å². The molecule has 110 valence electrons. The van der Waals surface area contributed by atoms with Crippen LogP contribution in [-0.2, 0) is 14.8 Å². The van der Waals surface area contributed by atoms with Gasteiger partial charge in [0.25, 0.3) is 0 Å². The van der Waals surface area contributed by atoms with Crippen LogP contribution in [0.25, 0.3) is 0 Å². The molecule has 2 heterocycles. The Morgan fingerprint density at radius 1 is 1.60 bits per heavy atom. The van der Waals surface area contributed by atoms with Gasteiger partial charge in [-0.25, -0.2) is 18.1 Å². The first-order valence-electron chi connectivity index (χ1n) is 6.27. The van der Waals surface area contributed by atoms with Crippen molar-refractivity contribution in [2.75, 3.05) is 19.3 Å². The molecular formula is C12H17N3O4S. The lowest BCUT2D eigenvalue weighted by molar-refractivity contribution is -0.126. The summed E-state index contributed by atoms with van der Waals surface area (Å²) in [5.41, 5.74) is 3.17. The number of piperidine rings is 1. The average molecular weight is 299 g/mol. The van der Waals surface area contributed by atoms with Crippen LogP contribution in [0.3, 0.4) is 0 Å². The van der Waals surface area contributed by atoms with Crippen molar-refractivity contribution in [2.45, 2.75) is 12.8 Å². The molecule has 1 atom stereocenters. The average Bonchev–Trinajstić information content (AvgIpc) is 2.91. The number of sulfonamides is 1. The number of rotatable bonds is 4. The van der Waals surface area contributed by atoms with E-state index < -0.39 is 10.0 Å². The summed E-state index contributed by atoms with van der Waals surface area (Å²) in [6.45, 7) is 0.687. The van der Waals surface area contributed by atoms with Crippen molar-refractivity contribution in [3.05, 3.63) is 24.2 Å². The predicted octanol–water partition coefficient (Wildman–Crippen LogP) is 0.401. The minimum atomic E-state index is -3.25. The summed E-state index contributed by atoms with van der Waals surface area (Å²) in [7, 11) is -3.25. The Balaban J connectivity index is 1.89. The molecule has 0 spiro atoms. The van der Waals surface area contributed by atoms with E-state index in [2.05, 4.69) is 10.5 Å². The Bertz CT molecular complexity index is 580. The maximum atomic E-state index is 11.9. The van der Waals surface area contributed by atoms with Gasteiger partial charge in [-0.05, 0) is 18.9 Å². The van der Waals surface area contributed by atoms with Gasteiger partial charge in [0.05, 0.1) is 30.9 Å². The molecule has 0 saturated carbocycles. The van der Waals surface area contributed by atoms with Crippen molar-refractivity contribution in [2.24, 2.45) is 11.0 Å². The summed E-state index contributed by atoms with van der Waals surface area (Å²) in [6, 6.07) is 1.71. The molecule has 20 heavy (non-hydrogen) atoms. The molecule has 0 bridgehead atoms. The van der Waals surface area contributed by atoms with Crippen LogP contribution >= 0.6 is 0 Å². The minimum absolute atomic E-state index is 0.214. The van der Waals surface area contributed by atoms with E-state index in [9.17, 15) is 13.2 Å². The number of furan rings is 1. The standard InChI is InChI=1S/C12H17N3O4S/c1-20(17,18)15-5-2-3-11(8-15)12(16)14-13-7-10-4-6-19-9-10/h4,6-7,9,11H,2-3,5,8H2,1H3,(H,14,16). The van der Waals surface area contributed by atoms with Gasteiger partial charge in [0.2, 0.25) is 15.9 Å². The molecule has 1 aromatic heterocycles. The van der Waals surface area contributed by atoms with E-state index in [-0.39, 0.29) is 18.4 Å². The zero-order valence-electron chi connectivity index (χ0n) is 11.2. The first kappa shape index (κ1) is 14.7. The number of hydrazone groups is 1. The van der Waals surface area contributed by atoms with Crippen molar-refractivity contribution in [1.29, 1.82) is 0 Å². The smallest absolute Gasteiger partial charge is 0.244 e. The van der Waals surface area contributed by atoms with Crippen LogP contribution < -0.4 is 5.43 Å². The molecular weight excluding hydrogens is 282 g/mol. The van der Waals surface area contributed by atoms with Crippen LogP contribution in [0.5, 0.6) is 0 Å². The van der Waals surface area contributed by atoms with E-state index in [4.69, 9.17) is 4.42 Å². The zero-order chi connectivity index (χ0) is 14.6. The zero-order valence-corrected chi connectivity index (χ0v) is 12.0. The Hall–Kier alpha value is -1.67. The van der Waals surface area contributed by atoms with Crippen LogP contribution in [0, 0.1) is 5.92 Å². The lowest BCUT2D eigenvalue weighted by Crippen LogP contribution is -2.44. The van der Waals surface area contributed by atoms with Crippen molar-refractivity contribution in [1.82, 2.24) is 9.73 Å². The molecule has 1 N–H and O–H groups in total. The Labute approximate surface area is 117 Å². The van der Waals surface area contributed by atoms with Gasteiger partial charge in [-0.3, -0.25) is 4.79 Å². The molecule has 7 nitrogen and oxygen atoms in total. The third-order valence-electron chi connectivity index (χ3n) is 3.16. The van der Waals surface area contributed by atoms with Gasteiger partial charge in [0, 0.05) is 18.7 Å². The molecule has 1 aromatic rings. The highest BCUT2D eigenvalue weighted by atomic mass is 32.2. The van der Waals surface area contributed by atoms with E-state index in [1.807, 2.05) is 0 Å². The molecule has 1 fully saturated rings. The molecule has 1 aliphatic heterocycles. The van der Waals surface area contributed by atoms with E-state index in [0.717, 1.165) is 11.8 Å². The van der Waals surface area contributed by atoms with Crippen molar-refractivity contribution < 1.29 is 17.6 Å². The molecule has 8 heteroatoms. The van der Waals surface area contributed by atoms with Gasteiger partial charge in [-0.15, -0.1) is 0 Å². The topological polar surface area (TPSA) is 92.0 Å². The highest BCUT2D eigenvalue weighted by Crippen LogP contribution is 2.18. The van der Waals surface area contributed by atoms with E-state index in [1.165, 1.54) is 23.0 Å². The van der Waals surface area contributed by atoms with Crippen LogP contribution in [0.4, 0.5) is 0 Å². The van der Waals surface area contributed by atoms with Crippen molar-refractivity contribution in [3.8, 4) is 0 Å². The Morgan fingerprint density at radius 2 is 2.40 bits per heavy atom. The summed E-state index contributed by atoms with van der Waals surface area (Å²) < 4.78 is 29.2. The van der Waals surface area contributed by atoms with Gasteiger partial charge >= 0.3 is 0 Å². The second kappa shape index (κ2) is 6.19. The lowest BCUT2D eigenvalue weighted by atomic mass is 9.99. The summed E-state index contributed by atoms with van der Waals surface area (Å²) in [5, 5.41) is 3.82. The van der Waals surface area contributed by atoms with Crippen molar-refractivity contribution in [3.63, 3.8) is 0 Å². The fraction of sp³-hybridized carbons (Fsp3) is 0.500. The Morgan fingerprint density at radius 3 is 3.05 bits per heavy atom. The highest BCUT2D eigenvalue weighted by Gasteiger charge is 2.29. The fourth-order valence-corrected chi connectivity index (χ4v) is 2.98. The van der Waals surface area contributed by atoms with Gasteiger partial charge in [0.15, 0.2) is 0 Å². The second-order valence-corrected chi connectivity index (χ2v) is 6.73. The second-order valence-electron chi connectivity index (χ2n) is 4.75. The summed E-state index contributed by atoms with van der Waals surface area (Å²) >= 11 is 0. The number of nitrogens with zero attached hydrogens (tertiary/aromatic N) is 2. The van der Waals surface area contributed by atoms with Crippen LogP contribution in [0.15, 0.2) is 28.1 Å². The monoisotopic (exact) mass is 299 g/mol. The normalized spacial score (nSPS) is 21.1. The number of carbonyl (C=O) groups excluding carboxylic acids is 1. The number of amides is 1. The summed E-state index contributed by atoms with van der Waals surface area (Å²) in [4.78, 5) is 11.9. The number of hydrogen-bond donors (Lipinski definition) is 1. The SMILES string of the molecule is CS(=O)(=O)N1CCCC(C(=O)NN=Cc2ccoc2)C1. The maximum Gasteiger partial charge on any atom is 0.244 e. The van der Waals surface area contributed by atoms with E-state index in [1.54, 1.807) is 6.07 Å². The molecule has 1 unspecified atom stereocenters. The highest BCUT2D eigenvalue weighted by molar-refractivity contribution is 7.88. The van der Waals surface area contributed by atoms with Crippen LogP contribution in [-0.4, -0.2) is 44.2 Å². The van der Waals surface area contributed by atoms with Gasteiger partial charge in [0.1, 0.15) is 0 Å². The third kappa shape index (κ3) is 3.91. The molecule has 1 aliphatic rings. The maximum absolute atomic E-state index is 11.9. The summed E-state index contributed by atoms with van der Waals surface area (Å²) in [6.07, 6.45) is 6.98. The van der Waals surface area contributed by atoms with E-state index in [0.29, 0.717) is 19.4 Å². The number of hydrogen-bond acceptors (Lipinski definition) is 5. The molecule has 0 aliphatic carbocycles.